The third kappa shape index (κ3) is 3.26. The van der Waals surface area contributed by atoms with Crippen LogP contribution in [0.1, 0.15) is 11.5 Å². The second-order valence-electron chi connectivity index (χ2n) is 5.60. The quantitative estimate of drug-likeness (QED) is 0.438. The average Bonchev–Trinajstić information content (AvgIpc) is 3.07. The van der Waals surface area contributed by atoms with Gasteiger partial charge in [0.05, 0.1) is 17.4 Å². The molecule has 25 heavy (non-hydrogen) atoms. The SMILES string of the molecule is Cc1ccc(/C=N\Nc2nc(-c3ccccc3)c3ccccc3n2)o1. The second kappa shape index (κ2) is 6.57. The van der Waals surface area contributed by atoms with E-state index in [0.29, 0.717) is 11.7 Å². The highest BCUT2D eigenvalue weighted by Gasteiger charge is 2.09. The minimum atomic E-state index is 0.442. The van der Waals surface area contributed by atoms with E-state index in [4.69, 9.17) is 4.42 Å². The summed E-state index contributed by atoms with van der Waals surface area (Å²) in [4.78, 5) is 9.17. The molecule has 0 radical (unpaired) electrons. The smallest absolute Gasteiger partial charge is 0.244 e. The first kappa shape index (κ1) is 15.1. The van der Waals surface area contributed by atoms with E-state index in [1.165, 1.54) is 0 Å². The summed E-state index contributed by atoms with van der Waals surface area (Å²) in [5.41, 5.74) is 5.67. The first-order valence-electron chi connectivity index (χ1n) is 7.97. The summed E-state index contributed by atoms with van der Waals surface area (Å²) in [6.45, 7) is 1.89. The Labute approximate surface area is 145 Å². The lowest BCUT2D eigenvalue weighted by Crippen LogP contribution is -1.99. The number of hydrazone groups is 1. The molecule has 5 nitrogen and oxygen atoms in total. The monoisotopic (exact) mass is 328 g/mol. The Morgan fingerprint density at radius 1 is 0.920 bits per heavy atom. The predicted octanol–water partition coefficient (Wildman–Crippen LogP) is 4.64. The second-order valence-corrected chi connectivity index (χ2v) is 5.60. The number of anilines is 1. The van der Waals surface area contributed by atoms with Crippen LogP contribution in [0.4, 0.5) is 5.95 Å². The van der Waals surface area contributed by atoms with Gasteiger partial charge in [-0.3, -0.25) is 0 Å². The number of hydrogen-bond acceptors (Lipinski definition) is 5. The van der Waals surface area contributed by atoms with Gasteiger partial charge < -0.3 is 4.42 Å². The maximum absolute atomic E-state index is 5.45. The van der Waals surface area contributed by atoms with Crippen molar-refractivity contribution in [2.75, 3.05) is 5.43 Å². The number of hydrogen-bond donors (Lipinski definition) is 1. The summed E-state index contributed by atoms with van der Waals surface area (Å²) in [6, 6.07) is 21.7. The van der Waals surface area contributed by atoms with Crippen LogP contribution in [-0.4, -0.2) is 16.2 Å². The van der Waals surface area contributed by atoms with Crippen molar-refractivity contribution < 1.29 is 4.42 Å². The van der Waals surface area contributed by atoms with Gasteiger partial charge in [-0.2, -0.15) is 5.10 Å². The maximum atomic E-state index is 5.45. The molecule has 1 N–H and O–H groups in total. The zero-order valence-corrected chi connectivity index (χ0v) is 13.7. The van der Waals surface area contributed by atoms with Crippen molar-refractivity contribution in [2.45, 2.75) is 6.92 Å². The minimum Gasteiger partial charge on any atom is -0.460 e. The van der Waals surface area contributed by atoms with Crippen LogP contribution in [0.3, 0.4) is 0 Å². The lowest BCUT2D eigenvalue weighted by atomic mass is 10.1. The Morgan fingerprint density at radius 3 is 2.52 bits per heavy atom. The number of fused-ring (bicyclic) bond motifs is 1. The zero-order valence-electron chi connectivity index (χ0n) is 13.7. The van der Waals surface area contributed by atoms with Gasteiger partial charge in [0.1, 0.15) is 11.5 Å². The molecule has 2 heterocycles. The van der Waals surface area contributed by atoms with Gasteiger partial charge in [-0.15, -0.1) is 0 Å². The van der Waals surface area contributed by atoms with E-state index in [9.17, 15) is 0 Å². The molecule has 5 heteroatoms. The molecule has 0 unspecified atom stereocenters. The van der Waals surface area contributed by atoms with Crippen LogP contribution in [0.2, 0.25) is 0 Å². The van der Waals surface area contributed by atoms with Gasteiger partial charge in [0, 0.05) is 10.9 Å². The number of nitrogens with one attached hydrogen (secondary N) is 1. The highest BCUT2D eigenvalue weighted by molar-refractivity contribution is 5.93. The molecule has 4 rings (SSSR count). The highest BCUT2D eigenvalue weighted by atomic mass is 16.3. The summed E-state index contributed by atoms with van der Waals surface area (Å²) >= 11 is 0. The number of rotatable bonds is 4. The van der Waals surface area contributed by atoms with Crippen LogP contribution in [-0.2, 0) is 0 Å². The molecule has 2 aromatic carbocycles. The summed E-state index contributed by atoms with van der Waals surface area (Å²) in [7, 11) is 0. The van der Waals surface area contributed by atoms with Crippen molar-refractivity contribution in [3.63, 3.8) is 0 Å². The highest BCUT2D eigenvalue weighted by Crippen LogP contribution is 2.26. The van der Waals surface area contributed by atoms with Gasteiger partial charge in [0.2, 0.25) is 5.95 Å². The number of aromatic nitrogens is 2. The molecule has 122 valence electrons. The summed E-state index contributed by atoms with van der Waals surface area (Å²) < 4.78 is 5.45. The molecule has 0 bridgehead atoms. The topological polar surface area (TPSA) is 63.3 Å². The number of furan rings is 1. The molecule has 0 fully saturated rings. The Bertz CT molecular complexity index is 1040. The van der Waals surface area contributed by atoms with Crippen LogP contribution in [0.15, 0.2) is 76.2 Å². The van der Waals surface area contributed by atoms with Crippen molar-refractivity contribution in [3.8, 4) is 11.3 Å². The summed E-state index contributed by atoms with van der Waals surface area (Å²) in [5.74, 6) is 1.96. The molecule has 2 aromatic heterocycles. The van der Waals surface area contributed by atoms with Gasteiger partial charge in [0.25, 0.3) is 0 Å². The van der Waals surface area contributed by atoms with Crippen molar-refractivity contribution in [2.24, 2.45) is 5.10 Å². The molecular weight excluding hydrogens is 312 g/mol. The van der Waals surface area contributed by atoms with E-state index in [1.807, 2.05) is 73.7 Å². The van der Waals surface area contributed by atoms with Crippen molar-refractivity contribution >= 4 is 23.1 Å². The first-order chi connectivity index (χ1) is 12.3. The number of nitrogens with zero attached hydrogens (tertiary/aromatic N) is 3. The fourth-order valence-electron chi connectivity index (χ4n) is 2.62. The van der Waals surface area contributed by atoms with Crippen LogP contribution in [0.25, 0.3) is 22.2 Å². The Hall–Kier alpha value is -3.47. The standard InChI is InChI=1S/C20H16N4O/c1-14-11-12-16(25-14)13-21-24-20-22-18-10-6-5-9-17(18)19(23-20)15-7-3-2-4-8-15/h2-13H,1H3,(H,22,23,24)/b21-13-. The largest absolute Gasteiger partial charge is 0.460 e. The molecule has 0 spiro atoms. The predicted molar refractivity (Wildman–Crippen MR) is 99.6 cm³/mol. The lowest BCUT2D eigenvalue weighted by molar-refractivity contribution is 0.528. The molecular formula is C20H16N4O. The Kier molecular flexibility index (Phi) is 3.96. The fraction of sp³-hybridized carbons (Fsp3) is 0.0500. The third-order valence-corrected chi connectivity index (χ3v) is 3.77. The third-order valence-electron chi connectivity index (χ3n) is 3.77. The molecule has 0 aliphatic carbocycles. The van der Waals surface area contributed by atoms with Crippen LogP contribution >= 0.6 is 0 Å². The van der Waals surface area contributed by atoms with E-state index in [-0.39, 0.29) is 0 Å². The lowest BCUT2D eigenvalue weighted by Gasteiger charge is -2.08. The van der Waals surface area contributed by atoms with Crippen molar-refractivity contribution in [3.05, 3.63) is 78.3 Å². The fourth-order valence-corrected chi connectivity index (χ4v) is 2.62. The molecule has 4 aromatic rings. The van der Waals surface area contributed by atoms with E-state index < -0.39 is 0 Å². The van der Waals surface area contributed by atoms with E-state index in [0.717, 1.165) is 27.9 Å². The van der Waals surface area contributed by atoms with Crippen LogP contribution in [0.5, 0.6) is 0 Å². The first-order valence-corrected chi connectivity index (χ1v) is 7.97. The average molecular weight is 328 g/mol. The number of benzene rings is 2. The maximum Gasteiger partial charge on any atom is 0.244 e. The van der Waals surface area contributed by atoms with Gasteiger partial charge in [-0.25, -0.2) is 15.4 Å². The number of aryl methyl sites for hydroxylation is 1. The molecule has 0 aliphatic rings. The van der Waals surface area contributed by atoms with Crippen molar-refractivity contribution in [1.29, 1.82) is 0 Å². The Balaban J connectivity index is 1.71. The molecule has 0 aliphatic heterocycles. The van der Waals surface area contributed by atoms with E-state index >= 15 is 0 Å². The molecule has 0 atom stereocenters. The van der Waals surface area contributed by atoms with Gasteiger partial charge in [0.15, 0.2) is 0 Å². The van der Waals surface area contributed by atoms with Gasteiger partial charge in [-0.05, 0) is 25.1 Å². The van der Waals surface area contributed by atoms with Crippen LogP contribution in [0, 0.1) is 6.92 Å². The summed E-state index contributed by atoms with van der Waals surface area (Å²) in [5, 5.41) is 5.18. The van der Waals surface area contributed by atoms with E-state index in [1.54, 1.807) is 6.21 Å². The Morgan fingerprint density at radius 2 is 1.72 bits per heavy atom. The molecule has 0 amide bonds. The summed E-state index contributed by atoms with van der Waals surface area (Å²) in [6.07, 6.45) is 1.60. The normalized spacial score (nSPS) is 11.2. The molecule has 0 saturated carbocycles. The van der Waals surface area contributed by atoms with Crippen LogP contribution < -0.4 is 5.43 Å². The van der Waals surface area contributed by atoms with E-state index in [2.05, 4.69) is 20.5 Å². The van der Waals surface area contributed by atoms with Crippen molar-refractivity contribution in [1.82, 2.24) is 9.97 Å². The number of para-hydroxylation sites is 1. The van der Waals surface area contributed by atoms with Gasteiger partial charge in [-0.1, -0.05) is 48.5 Å². The minimum absolute atomic E-state index is 0.442. The molecule has 0 saturated heterocycles. The van der Waals surface area contributed by atoms with Gasteiger partial charge >= 0.3 is 0 Å². The zero-order chi connectivity index (χ0) is 17.1.